The molecule has 0 bridgehead atoms. The highest BCUT2D eigenvalue weighted by atomic mass is 19.3. The van der Waals surface area contributed by atoms with Gasteiger partial charge in [-0.3, -0.25) is 4.79 Å². The molecule has 6 rings (SSSR count). The van der Waals surface area contributed by atoms with Crippen molar-refractivity contribution in [3.63, 3.8) is 0 Å². The second-order valence-corrected chi connectivity index (χ2v) is 9.66. The number of nitrogens with one attached hydrogen (secondary N) is 2. The largest absolute Gasteiger partial charge is 0.373 e. The van der Waals surface area contributed by atoms with E-state index < -0.39 is 5.92 Å². The number of carbonyl (C=O) groups excluding carboxylic acids is 1. The van der Waals surface area contributed by atoms with Gasteiger partial charge in [0.2, 0.25) is 5.91 Å². The van der Waals surface area contributed by atoms with Crippen LogP contribution in [-0.2, 0) is 4.79 Å². The zero-order valence-corrected chi connectivity index (χ0v) is 20.0. The molecule has 0 spiro atoms. The van der Waals surface area contributed by atoms with E-state index in [1.807, 2.05) is 29.3 Å². The lowest BCUT2D eigenvalue weighted by Crippen LogP contribution is -2.39. The molecule has 1 aliphatic carbocycles. The maximum Gasteiger partial charge on any atom is 0.251 e. The minimum atomic E-state index is -2.60. The highest BCUT2D eigenvalue weighted by Crippen LogP contribution is 2.39. The van der Waals surface area contributed by atoms with Crippen molar-refractivity contribution in [1.82, 2.24) is 24.6 Å². The van der Waals surface area contributed by atoms with Crippen molar-refractivity contribution < 1.29 is 13.6 Å². The van der Waals surface area contributed by atoms with Crippen LogP contribution in [0.15, 0.2) is 36.8 Å². The van der Waals surface area contributed by atoms with Gasteiger partial charge in [-0.25, -0.2) is 28.2 Å². The molecule has 186 valence electrons. The molecule has 2 N–H and O–H groups in total. The van der Waals surface area contributed by atoms with Gasteiger partial charge in [0, 0.05) is 67.6 Å². The van der Waals surface area contributed by atoms with Gasteiger partial charge in [-0.1, -0.05) is 6.92 Å². The fraction of sp³-hybridized carbons (Fsp3) is 0.400. The highest BCUT2D eigenvalue weighted by molar-refractivity contribution is 6.03. The Morgan fingerprint density at radius 2 is 1.92 bits per heavy atom. The third-order valence-corrected chi connectivity index (χ3v) is 7.12. The average molecular weight is 493 g/mol. The third-order valence-electron chi connectivity index (χ3n) is 7.12. The number of rotatable bonds is 5. The summed E-state index contributed by atoms with van der Waals surface area (Å²) in [5.74, 6) is -0.595. The summed E-state index contributed by atoms with van der Waals surface area (Å²) in [6.07, 6.45) is 5.78. The first-order valence-corrected chi connectivity index (χ1v) is 12.1. The van der Waals surface area contributed by atoms with Crippen LogP contribution < -0.4 is 15.5 Å². The SMILES string of the molecule is CNc1ncc(-c2nc3ccc(N4CCC(F)(F)CC4)cn3n2)c2cc(NC(=O)[C@H]3C[C@H]3C)ncc12. The van der Waals surface area contributed by atoms with E-state index in [9.17, 15) is 13.6 Å². The van der Waals surface area contributed by atoms with Gasteiger partial charge in [0.1, 0.15) is 11.6 Å². The second-order valence-electron chi connectivity index (χ2n) is 9.66. The molecule has 9 nitrogen and oxygen atoms in total. The minimum Gasteiger partial charge on any atom is -0.373 e. The number of hydrogen-bond acceptors (Lipinski definition) is 7. The van der Waals surface area contributed by atoms with Crippen LogP contribution in [-0.4, -0.2) is 56.5 Å². The van der Waals surface area contributed by atoms with Crippen LogP contribution in [0.4, 0.5) is 26.1 Å². The van der Waals surface area contributed by atoms with Crippen LogP contribution in [0.25, 0.3) is 27.8 Å². The van der Waals surface area contributed by atoms with Crippen LogP contribution in [0.3, 0.4) is 0 Å². The maximum atomic E-state index is 13.6. The minimum absolute atomic E-state index is 0.0207. The lowest BCUT2D eigenvalue weighted by molar-refractivity contribution is -0.117. The molecule has 2 fully saturated rings. The highest BCUT2D eigenvalue weighted by Gasteiger charge is 2.39. The lowest BCUT2D eigenvalue weighted by Gasteiger charge is -2.33. The first kappa shape index (κ1) is 22.6. The predicted molar refractivity (Wildman–Crippen MR) is 133 cm³/mol. The Bertz CT molecular complexity index is 1480. The third kappa shape index (κ3) is 4.08. The number of halogens is 2. The Hall–Kier alpha value is -3.89. The normalized spacial score (nSPS) is 21.1. The topological polar surface area (TPSA) is 100 Å². The summed E-state index contributed by atoms with van der Waals surface area (Å²) >= 11 is 0. The summed E-state index contributed by atoms with van der Waals surface area (Å²) in [6, 6.07) is 5.54. The standard InChI is InChI=1S/C25H26F2N8O/c1-14-9-16(14)24(36)31-20-10-17-18(11-29-20)22(28-2)30-12-19(17)23-32-21-4-3-15(13-35(21)33-23)34-7-5-25(26,27)6-8-34/h3-4,10-14,16H,5-9H2,1-2H3,(H,28,30)(H,29,31,36)/t14-,16+/m1/s1. The van der Waals surface area contributed by atoms with Crippen molar-refractivity contribution in [3.05, 3.63) is 36.8 Å². The molecule has 2 aliphatic rings. The molecule has 1 aliphatic heterocycles. The number of carbonyl (C=O) groups is 1. The molecular weight excluding hydrogens is 466 g/mol. The molecular formula is C25H26F2N8O. The maximum absolute atomic E-state index is 13.6. The van der Waals surface area contributed by atoms with Gasteiger partial charge in [0.15, 0.2) is 11.5 Å². The molecule has 5 heterocycles. The molecule has 1 amide bonds. The second kappa shape index (κ2) is 8.35. The Kier molecular flexibility index (Phi) is 5.24. The van der Waals surface area contributed by atoms with Crippen LogP contribution in [0.1, 0.15) is 26.2 Å². The number of alkyl halides is 2. The van der Waals surface area contributed by atoms with Crippen LogP contribution >= 0.6 is 0 Å². The summed E-state index contributed by atoms with van der Waals surface area (Å²) in [5.41, 5.74) is 2.16. The van der Waals surface area contributed by atoms with Crippen molar-refractivity contribution >= 4 is 39.6 Å². The number of anilines is 3. The van der Waals surface area contributed by atoms with E-state index in [1.54, 1.807) is 24.0 Å². The number of hydrogen-bond donors (Lipinski definition) is 2. The Morgan fingerprint density at radius 1 is 1.14 bits per heavy atom. The van der Waals surface area contributed by atoms with E-state index in [-0.39, 0.29) is 24.7 Å². The van der Waals surface area contributed by atoms with Gasteiger partial charge in [-0.2, -0.15) is 0 Å². The molecule has 2 atom stereocenters. The summed E-state index contributed by atoms with van der Waals surface area (Å²) < 4.78 is 28.8. The number of amides is 1. The van der Waals surface area contributed by atoms with E-state index in [0.29, 0.717) is 47.7 Å². The van der Waals surface area contributed by atoms with Crippen molar-refractivity contribution in [2.75, 3.05) is 35.7 Å². The smallest absolute Gasteiger partial charge is 0.251 e. The van der Waals surface area contributed by atoms with Gasteiger partial charge in [-0.05, 0) is 30.5 Å². The molecule has 36 heavy (non-hydrogen) atoms. The fourth-order valence-electron chi connectivity index (χ4n) is 4.75. The summed E-state index contributed by atoms with van der Waals surface area (Å²) in [5, 5.41) is 12.3. The van der Waals surface area contributed by atoms with Crippen molar-refractivity contribution in [2.24, 2.45) is 11.8 Å². The van der Waals surface area contributed by atoms with Gasteiger partial charge >= 0.3 is 0 Å². The van der Waals surface area contributed by atoms with E-state index in [1.165, 1.54) is 0 Å². The van der Waals surface area contributed by atoms with Crippen LogP contribution in [0, 0.1) is 11.8 Å². The summed E-state index contributed by atoms with van der Waals surface area (Å²) in [7, 11) is 1.78. The van der Waals surface area contributed by atoms with Crippen LogP contribution in [0.2, 0.25) is 0 Å². The van der Waals surface area contributed by atoms with Gasteiger partial charge in [0.25, 0.3) is 5.92 Å². The average Bonchev–Trinajstić information content (AvgIpc) is 3.45. The van der Waals surface area contributed by atoms with E-state index in [2.05, 4.69) is 37.6 Å². The first-order chi connectivity index (χ1) is 17.3. The number of piperidine rings is 1. The zero-order valence-electron chi connectivity index (χ0n) is 20.0. The number of fused-ring (bicyclic) bond motifs is 2. The van der Waals surface area contributed by atoms with E-state index >= 15 is 0 Å². The number of nitrogens with zero attached hydrogens (tertiary/aromatic N) is 6. The van der Waals surface area contributed by atoms with Gasteiger partial charge in [0.05, 0.1) is 11.9 Å². The molecule has 1 saturated heterocycles. The molecule has 4 aromatic rings. The Balaban J connectivity index is 1.36. The van der Waals surface area contributed by atoms with Gasteiger partial charge in [-0.15, -0.1) is 5.10 Å². The van der Waals surface area contributed by atoms with Crippen molar-refractivity contribution in [3.8, 4) is 11.4 Å². The summed E-state index contributed by atoms with van der Waals surface area (Å²) in [4.78, 5) is 28.0. The first-order valence-electron chi connectivity index (χ1n) is 12.1. The molecule has 0 radical (unpaired) electrons. The van der Waals surface area contributed by atoms with Gasteiger partial charge < -0.3 is 15.5 Å². The quantitative estimate of drug-likeness (QED) is 0.430. The Morgan fingerprint density at radius 3 is 2.64 bits per heavy atom. The van der Waals surface area contributed by atoms with Crippen LogP contribution in [0.5, 0.6) is 0 Å². The monoisotopic (exact) mass is 492 g/mol. The molecule has 11 heteroatoms. The van der Waals surface area contributed by atoms with E-state index in [0.717, 1.165) is 22.9 Å². The summed E-state index contributed by atoms with van der Waals surface area (Å²) in [6.45, 7) is 2.64. The lowest BCUT2D eigenvalue weighted by atomic mass is 10.1. The zero-order chi connectivity index (χ0) is 25.0. The molecule has 0 unspecified atom stereocenters. The molecule has 1 saturated carbocycles. The molecule has 0 aromatic carbocycles. The Labute approximate surface area is 205 Å². The molecule has 4 aromatic heterocycles. The number of aromatic nitrogens is 5. The fourth-order valence-corrected chi connectivity index (χ4v) is 4.75. The number of pyridine rings is 3. The van der Waals surface area contributed by atoms with Crippen molar-refractivity contribution in [2.45, 2.75) is 32.1 Å². The predicted octanol–water partition coefficient (Wildman–Crippen LogP) is 4.21. The van der Waals surface area contributed by atoms with Crippen molar-refractivity contribution in [1.29, 1.82) is 0 Å². The van der Waals surface area contributed by atoms with E-state index in [4.69, 9.17) is 0 Å².